The summed E-state index contributed by atoms with van der Waals surface area (Å²) in [6, 6.07) is 5.05. The summed E-state index contributed by atoms with van der Waals surface area (Å²) >= 11 is 1.28. The molecule has 0 saturated carbocycles. The molecule has 0 aliphatic carbocycles. The molecule has 0 atom stereocenters. The third-order valence-electron chi connectivity index (χ3n) is 2.80. The summed E-state index contributed by atoms with van der Waals surface area (Å²) in [7, 11) is 0. The average molecular weight is 275 g/mol. The Balaban J connectivity index is 2.30. The summed E-state index contributed by atoms with van der Waals surface area (Å²) in [6.45, 7) is 3.52. The quantitative estimate of drug-likeness (QED) is 0.899. The average Bonchev–Trinajstić information content (AvgIpc) is 2.77. The first-order valence-corrected chi connectivity index (χ1v) is 6.49. The molecule has 0 spiro atoms. The van der Waals surface area contributed by atoms with Crippen LogP contribution in [0.2, 0.25) is 0 Å². The van der Waals surface area contributed by atoms with Crippen LogP contribution in [0.25, 0.3) is 0 Å². The van der Waals surface area contributed by atoms with Gasteiger partial charge < -0.3 is 11.1 Å². The lowest BCUT2D eigenvalue weighted by atomic mass is 10.1. The number of carbonyl (C=O) groups is 2. The zero-order chi connectivity index (χ0) is 14.0. The SMILES string of the molecule is Cc1ncsc1C(=O)Nc1cccc(C(N)=O)c1C. The highest BCUT2D eigenvalue weighted by atomic mass is 32.1. The lowest BCUT2D eigenvalue weighted by Gasteiger charge is -2.10. The van der Waals surface area contributed by atoms with E-state index in [-0.39, 0.29) is 5.91 Å². The standard InChI is InChI=1S/C13H13N3O2S/c1-7-9(12(14)17)4-3-5-10(7)16-13(18)11-8(2)15-6-19-11/h3-6H,1-2H3,(H2,14,17)(H,16,18). The fourth-order valence-electron chi connectivity index (χ4n) is 1.74. The predicted octanol–water partition coefficient (Wildman–Crippen LogP) is 2.11. The fourth-order valence-corrected chi connectivity index (χ4v) is 2.43. The number of thiazole rings is 1. The van der Waals surface area contributed by atoms with Gasteiger partial charge in [0.25, 0.3) is 5.91 Å². The highest BCUT2D eigenvalue weighted by molar-refractivity contribution is 7.12. The number of hydrogen-bond donors (Lipinski definition) is 2. The molecule has 0 bridgehead atoms. The molecule has 98 valence electrons. The molecule has 2 aromatic rings. The van der Waals surface area contributed by atoms with Gasteiger partial charge in [-0.15, -0.1) is 11.3 Å². The maximum Gasteiger partial charge on any atom is 0.267 e. The maximum absolute atomic E-state index is 12.1. The number of amides is 2. The summed E-state index contributed by atoms with van der Waals surface area (Å²) in [6.07, 6.45) is 0. The second kappa shape index (κ2) is 5.19. The molecular formula is C13H13N3O2S. The number of nitrogens with zero attached hydrogens (tertiary/aromatic N) is 1. The van der Waals surface area contributed by atoms with Crippen molar-refractivity contribution in [1.82, 2.24) is 4.98 Å². The second-order valence-corrected chi connectivity index (χ2v) is 4.92. The molecule has 0 aliphatic heterocycles. The van der Waals surface area contributed by atoms with Crippen molar-refractivity contribution in [3.05, 3.63) is 45.4 Å². The van der Waals surface area contributed by atoms with Gasteiger partial charge in [-0.05, 0) is 31.5 Å². The van der Waals surface area contributed by atoms with E-state index in [0.29, 0.717) is 27.4 Å². The van der Waals surface area contributed by atoms with Crippen LogP contribution in [-0.2, 0) is 0 Å². The Kier molecular flexibility index (Phi) is 3.62. The van der Waals surface area contributed by atoms with Gasteiger partial charge in [0.15, 0.2) is 0 Å². The van der Waals surface area contributed by atoms with Crippen molar-refractivity contribution in [2.45, 2.75) is 13.8 Å². The maximum atomic E-state index is 12.1. The summed E-state index contributed by atoms with van der Waals surface area (Å²) in [5, 5.41) is 2.77. The topological polar surface area (TPSA) is 85.1 Å². The highest BCUT2D eigenvalue weighted by Gasteiger charge is 2.14. The van der Waals surface area contributed by atoms with Crippen LogP contribution < -0.4 is 11.1 Å². The molecule has 2 rings (SSSR count). The minimum Gasteiger partial charge on any atom is -0.366 e. The van der Waals surface area contributed by atoms with Crippen LogP contribution in [0, 0.1) is 13.8 Å². The second-order valence-electron chi connectivity index (χ2n) is 4.06. The largest absolute Gasteiger partial charge is 0.366 e. The first kappa shape index (κ1) is 13.2. The monoisotopic (exact) mass is 275 g/mol. The number of rotatable bonds is 3. The number of carbonyl (C=O) groups excluding carboxylic acids is 2. The summed E-state index contributed by atoms with van der Waals surface area (Å²) in [5.74, 6) is -0.743. The predicted molar refractivity (Wildman–Crippen MR) is 74.5 cm³/mol. The van der Waals surface area contributed by atoms with Crippen molar-refractivity contribution in [2.75, 3.05) is 5.32 Å². The molecule has 19 heavy (non-hydrogen) atoms. The van der Waals surface area contributed by atoms with Crippen molar-refractivity contribution in [1.29, 1.82) is 0 Å². The van der Waals surface area contributed by atoms with Crippen molar-refractivity contribution < 1.29 is 9.59 Å². The molecule has 1 heterocycles. The van der Waals surface area contributed by atoms with Gasteiger partial charge in [0.2, 0.25) is 5.91 Å². The number of benzene rings is 1. The number of nitrogens with two attached hydrogens (primary N) is 1. The minimum absolute atomic E-state index is 0.232. The van der Waals surface area contributed by atoms with E-state index in [0.717, 1.165) is 0 Å². The number of primary amides is 1. The van der Waals surface area contributed by atoms with E-state index in [1.807, 2.05) is 0 Å². The minimum atomic E-state index is -0.512. The Bertz CT molecular complexity index is 649. The van der Waals surface area contributed by atoms with Crippen LogP contribution in [0.5, 0.6) is 0 Å². The van der Waals surface area contributed by atoms with Gasteiger partial charge >= 0.3 is 0 Å². The molecule has 5 nitrogen and oxygen atoms in total. The first-order chi connectivity index (χ1) is 9.00. The van der Waals surface area contributed by atoms with E-state index in [9.17, 15) is 9.59 Å². The number of anilines is 1. The van der Waals surface area contributed by atoms with Crippen molar-refractivity contribution in [2.24, 2.45) is 5.73 Å². The van der Waals surface area contributed by atoms with Crippen LogP contribution in [0.15, 0.2) is 23.7 Å². The number of aromatic nitrogens is 1. The first-order valence-electron chi connectivity index (χ1n) is 5.61. The van der Waals surface area contributed by atoms with Crippen molar-refractivity contribution in [3.63, 3.8) is 0 Å². The van der Waals surface area contributed by atoms with Gasteiger partial charge in [-0.3, -0.25) is 9.59 Å². The van der Waals surface area contributed by atoms with Gasteiger partial charge in [-0.2, -0.15) is 0 Å². The molecule has 0 saturated heterocycles. The van der Waals surface area contributed by atoms with Crippen molar-refractivity contribution >= 4 is 28.8 Å². The van der Waals surface area contributed by atoms with Crippen LogP contribution in [0.1, 0.15) is 31.3 Å². The van der Waals surface area contributed by atoms with E-state index < -0.39 is 5.91 Å². The van der Waals surface area contributed by atoms with Crippen LogP contribution >= 0.6 is 11.3 Å². The zero-order valence-electron chi connectivity index (χ0n) is 10.6. The third-order valence-corrected chi connectivity index (χ3v) is 3.73. The molecule has 0 radical (unpaired) electrons. The van der Waals surface area contributed by atoms with Crippen LogP contribution in [0.4, 0.5) is 5.69 Å². The van der Waals surface area contributed by atoms with E-state index in [4.69, 9.17) is 5.73 Å². The molecule has 3 N–H and O–H groups in total. The number of aryl methyl sites for hydroxylation is 1. The molecule has 0 fully saturated rings. The number of nitrogens with one attached hydrogen (secondary N) is 1. The van der Waals surface area contributed by atoms with Gasteiger partial charge in [0.05, 0.1) is 11.2 Å². The normalized spacial score (nSPS) is 10.2. The molecule has 0 unspecified atom stereocenters. The van der Waals surface area contributed by atoms with Crippen LogP contribution in [0.3, 0.4) is 0 Å². The van der Waals surface area contributed by atoms with Gasteiger partial charge in [0.1, 0.15) is 4.88 Å². The van der Waals surface area contributed by atoms with Gasteiger partial charge in [0, 0.05) is 11.3 Å². The Morgan fingerprint density at radius 1 is 1.32 bits per heavy atom. The molecule has 1 aromatic heterocycles. The summed E-state index contributed by atoms with van der Waals surface area (Å²) in [4.78, 5) is 27.9. The number of hydrogen-bond acceptors (Lipinski definition) is 4. The Morgan fingerprint density at radius 2 is 2.05 bits per heavy atom. The fraction of sp³-hybridized carbons (Fsp3) is 0.154. The van der Waals surface area contributed by atoms with E-state index in [1.165, 1.54) is 11.3 Å². The highest BCUT2D eigenvalue weighted by Crippen LogP contribution is 2.21. The summed E-state index contributed by atoms with van der Waals surface area (Å²) in [5.41, 5.74) is 9.22. The van der Waals surface area contributed by atoms with Crippen molar-refractivity contribution in [3.8, 4) is 0 Å². The molecular weight excluding hydrogens is 262 g/mol. The van der Waals surface area contributed by atoms with Gasteiger partial charge in [-0.1, -0.05) is 6.07 Å². The lowest BCUT2D eigenvalue weighted by molar-refractivity contribution is 0.0996. The summed E-state index contributed by atoms with van der Waals surface area (Å²) < 4.78 is 0. The molecule has 0 aliphatic rings. The van der Waals surface area contributed by atoms with Crippen LogP contribution in [-0.4, -0.2) is 16.8 Å². The molecule has 6 heteroatoms. The molecule has 2 amide bonds. The Labute approximate surface area is 114 Å². The van der Waals surface area contributed by atoms with E-state index in [2.05, 4.69) is 10.3 Å². The lowest BCUT2D eigenvalue weighted by Crippen LogP contribution is -2.16. The van der Waals surface area contributed by atoms with E-state index >= 15 is 0 Å². The Morgan fingerprint density at radius 3 is 2.63 bits per heavy atom. The zero-order valence-corrected chi connectivity index (χ0v) is 11.4. The van der Waals surface area contributed by atoms with Gasteiger partial charge in [-0.25, -0.2) is 4.98 Å². The smallest absolute Gasteiger partial charge is 0.267 e. The van der Waals surface area contributed by atoms with E-state index in [1.54, 1.807) is 37.6 Å². The third kappa shape index (κ3) is 2.63. The molecule has 1 aromatic carbocycles. The Hall–Kier alpha value is -2.21.